The van der Waals surface area contributed by atoms with Crippen molar-refractivity contribution in [1.29, 1.82) is 0 Å². The Morgan fingerprint density at radius 1 is 1.11 bits per heavy atom. The average Bonchev–Trinajstić information content (AvgIpc) is 3.40. The molecule has 0 aliphatic carbocycles. The molecular weight excluding hydrogens is 358 g/mol. The maximum Gasteiger partial charge on any atom is 0.231 e. The molecule has 1 amide bonds. The molecule has 0 spiro atoms. The number of amides is 1. The number of aromatic nitrogens is 2. The minimum absolute atomic E-state index is 0.0413. The van der Waals surface area contributed by atoms with Crippen LogP contribution in [0.1, 0.15) is 24.8 Å². The van der Waals surface area contributed by atoms with Gasteiger partial charge in [-0.3, -0.25) is 4.79 Å². The molecule has 0 radical (unpaired) electrons. The van der Waals surface area contributed by atoms with Crippen molar-refractivity contribution in [2.75, 3.05) is 13.3 Å². The second-order valence-electron chi connectivity index (χ2n) is 6.47. The molecule has 7 heteroatoms. The predicted octanol–water partition coefficient (Wildman–Crippen LogP) is 3.45. The fourth-order valence-corrected chi connectivity index (χ4v) is 3.07. The number of aryl methyl sites for hydroxylation is 1. The summed E-state index contributed by atoms with van der Waals surface area (Å²) < 4.78 is 16.0. The van der Waals surface area contributed by atoms with Crippen LogP contribution in [0.3, 0.4) is 0 Å². The average molecular weight is 379 g/mol. The Balaban J connectivity index is 1.35. The fourth-order valence-electron chi connectivity index (χ4n) is 3.07. The lowest BCUT2D eigenvalue weighted by Crippen LogP contribution is -2.30. The van der Waals surface area contributed by atoms with Crippen molar-refractivity contribution in [3.63, 3.8) is 0 Å². The van der Waals surface area contributed by atoms with Gasteiger partial charge in [0.1, 0.15) is 0 Å². The van der Waals surface area contributed by atoms with Crippen LogP contribution in [0.5, 0.6) is 11.5 Å². The van der Waals surface area contributed by atoms with Crippen molar-refractivity contribution in [2.45, 2.75) is 26.3 Å². The van der Waals surface area contributed by atoms with E-state index in [-0.39, 0.29) is 12.7 Å². The highest BCUT2D eigenvalue weighted by molar-refractivity contribution is 5.76. The predicted molar refractivity (Wildman–Crippen MR) is 102 cm³/mol. The smallest absolute Gasteiger partial charge is 0.231 e. The van der Waals surface area contributed by atoms with E-state index in [0.29, 0.717) is 37.6 Å². The minimum atomic E-state index is 0.0413. The molecule has 0 unspecified atom stereocenters. The van der Waals surface area contributed by atoms with Crippen molar-refractivity contribution in [3.05, 3.63) is 60.0 Å². The SMILES string of the molecule is CCN(Cc1ccc2c(c1)OCO2)C(=O)CCc1nc(-c2ccccc2)no1. The molecule has 0 saturated carbocycles. The lowest BCUT2D eigenvalue weighted by molar-refractivity contribution is -0.131. The number of nitrogens with zero attached hydrogens (tertiary/aromatic N) is 3. The second-order valence-corrected chi connectivity index (χ2v) is 6.47. The fraction of sp³-hybridized carbons (Fsp3) is 0.286. The first-order valence-corrected chi connectivity index (χ1v) is 9.27. The van der Waals surface area contributed by atoms with Gasteiger partial charge in [-0.1, -0.05) is 41.6 Å². The van der Waals surface area contributed by atoms with Gasteiger partial charge in [-0.2, -0.15) is 4.98 Å². The number of ether oxygens (including phenoxy) is 2. The number of fused-ring (bicyclic) bond motifs is 1. The van der Waals surface area contributed by atoms with Crippen LogP contribution in [-0.2, 0) is 17.8 Å². The first kappa shape index (κ1) is 18.0. The Bertz CT molecular complexity index is 955. The van der Waals surface area contributed by atoms with Crippen LogP contribution in [0.2, 0.25) is 0 Å². The van der Waals surface area contributed by atoms with E-state index in [0.717, 1.165) is 22.6 Å². The highest BCUT2D eigenvalue weighted by Gasteiger charge is 2.18. The summed E-state index contributed by atoms with van der Waals surface area (Å²) in [6.45, 7) is 3.34. The van der Waals surface area contributed by atoms with E-state index >= 15 is 0 Å². The van der Waals surface area contributed by atoms with Crippen molar-refractivity contribution in [3.8, 4) is 22.9 Å². The van der Waals surface area contributed by atoms with Gasteiger partial charge in [0.05, 0.1) is 0 Å². The molecule has 1 aromatic heterocycles. The Labute approximate surface area is 162 Å². The van der Waals surface area contributed by atoms with Crippen LogP contribution >= 0.6 is 0 Å². The van der Waals surface area contributed by atoms with Crippen LogP contribution in [0.4, 0.5) is 0 Å². The summed E-state index contributed by atoms with van der Waals surface area (Å²) in [5, 5.41) is 3.99. The third kappa shape index (κ3) is 3.98. The van der Waals surface area contributed by atoms with Gasteiger partial charge in [0, 0.05) is 31.5 Å². The van der Waals surface area contributed by atoms with Gasteiger partial charge < -0.3 is 18.9 Å². The molecule has 4 rings (SSSR count). The summed E-state index contributed by atoms with van der Waals surface area (Å²) in [5.74, 6) is 2.51. The maximum atomic E-state index is 12.6. The second kappa shape index (κ2) is 8.12. The maximum absolute atomic E-state index is 12.6. The van der Waals surface area contributed by atoms with E-state index in [1.54, 1.807) is 4.90 Å². The first-order chi connectivity index (χ1) is 13.7. The molecule has 0 N–H and O–H groups in total. The molecule has 7 nitrogen and oxygen atoms in total. The van der Waals surface area contributed by atoms with E-state index in [1.807, 2.05) is 55.5 Å². The Morgan fingerprint density at radius 2 is 1.93 bits per heavy atom. The lowest BCUT2D eigenvalue weighted by atomic mass is 10.1. The molecule has 1 aliphatic heterocycles. The number of hydrogen-bond donors (Lipinski definition) is 0. The number of hydrogen-bond acceptors (Lipinski definition) is 6. The topological polar surface area (TPSA) is 77.7 Å². The quantitative estimate of drug-likeness (QED) is 0.626. The molecule has 0 fully saturated rings. The van der Waals surface area contributed by atoms with E-state index in [9.17, 15) is 4.79 Å². The lowest BCUT2D eigenvalue weighted by Gasteiger charge is -2.21. The molecule has 0 bridgehead atoms. The van der Waals surface area contributed by atoms with Crippen molar-refractivity contribution < 1.29 is 18.8 Å². The summed E-state index contributed by atoms with van der Waals surface area (Å²) in [4.78, 5) is 18.8. The monoisotopic (exact) mass is 379 g/mol. The van der Waals surface area contributed by atoms with Crippen LogP contribution < -0.4 is 9.47 Å². The molecule has 0 saturated heterocycles. The molecule has 2 heterocycles. The zero-order valence-corrected chi connectivity index (χ0v) is 15.6. The largest absolute Gasteiger partial charge is 0.454 e. The normalized spacial score (nSPS) is 12.2. The third-order valence-electron chi connectivity index (χ3n) is 4.60. The van der Waals surface area contributed by atoms with Gasteiger partial charge in [0.15, 0.2) is 11.5 Å². The Hall–Kier alpha value is -3.35. The Kier molecular flexibility index (Phi) is 5.23. The van der Waals surface area contributed by atoms with E-state index in [1.165, 1.54) is 0 Å². The van der Waals surface area contributed by atoms with Crippen LogP contribution in [0.15, 0.2) is 53.1 Å². The first-order valence-electron chi connectivity index (χ1n) is 9.27. The summed E-state index contributed by atoms with van der Waals surface area (Å²) in [7, 11) is 0. The number of rotatable bonds is 7. The van der Waals surface area contributed by atoms with Gasteiger partial charge in [0.2, 0.25) is 24.4 Å². The van der Waals surface area contributed by atoms with Crippen molar-refractivity contribution in [2.24, 2.45) is 0 Å². The highest BCUT2D eigenvalue weighted by atomic mass is 16.7. The zero-order valence-electron chi connectivity index (χ0n) is 15.6. The van der Waals surface area contributed by atoms with Crippen molar-refractivity contribution >= 4 is 5.91 Å². The molecule has 0 atom stereocenters. The summed E-state index contributed by atoms with van der Waals surface area (Å²) in [5.41, 5.74) is 1.89. The Morgan fingerprint density at radius 3 is 2.75 bits per heavy atom. The third-order valence-corrected chi connectivity index (χ3v) is 4.60. The van der Waals surface area contributed by atoms with Crippen LogP contribution in [-0.4, -0.2) is 34.3 Å². The van der Waals surface area contributed by atoms with Gasteiger partial charge in [-0.05, 0) is 24.6 Å². The van der Waals surface area contributed by atoms with Crippen LogP contribution in [0, 0.1) is 0 Å². The van der Waals surface area contributed by atoms with Gasteiger partial charge in [0.25, 0.3) is 0 Å². The number of carbonyl (C=O) groups is 1. The number of benzene rings is 2. The zero-order chi connectivity index (χ0) is 19.3. The van der Waals surface area contributed by atoms with E-state index in [2.05, 4.69) is 10.1 Å². The molecule has 1 aliphatic rings. The summed E-state index contributed by atoms with van der Waals surface area (Å²) in [6.07, 6.45) is 0.727. The van der Waals surface area contributed by atoms with Crippen LogP contribution in [0.25, 0.3) is 11.4 Å². The highest BCUT2D eigenvalue weighted by Crippen LogP contribution is 2.32. The van der Waals surface area contributed by atoms with Gasteiger partial charge in [-0.25, -0.2) is 0 Å². The summed E-state index contributed by atoms with van der Waals surface area (Å²) >= 11 is 0. The van der Waals surface area contributed by atoms with Crippen molar-refractivity contribution in [1.82, 2.24) is 15.0 Å². The molecule has 28 heavy (non-hydrogen) atoms. The van der Waals surface area contributed by atoms with E-state index in [4.69, 9.17) is 14.0 Å². The molecule has 2 aromatic carbocycles. The summed E-state index contributed by atoms with van der Waals surface area (Å²) in [6, 6.07) is 15.4. The van der Waals surface area contributed by atoms with Gasteiger partial charge in [-0.15, -0.1) is 0 Å². The van der Waals surface area contributed by atoms with Gasteiger partial charge >= 0.3 is 0 Å². The molecular formula is C21H21N3O4. The molecule has 3 aromatic rings. The number of carbonyl (C=O) groups excluding carboxylic acids is 1. The van der Waals surface area contributed by atoms with E-state index < -0.39 is 0 Å². The minimum Gasteiger partial charge on any atom is -0.454 e. The standard InChI is InChI=1S/C21H21N3O4/c1-2-24(13-15-8-9-17-18(12-15)27-14-26-17)20(25)11-10-19-22-21(23-28-19)16-6-4-3-5-7-16/h3-9,12H,2,10-11,13-14H2,1H3. The molecule has 144 valence electrons.